The Bertz CT molecular complexity index is 433. The van der Waals surface area contributed by atoms with Crippen LogP contribution in [0.3, 0.4) is 0 Å². The van der Waals surface area contributed by atoms with Crippen LogP contribution in [0, 0.1) is 11.3 Å². The molecule has 0 saturated carbocycles. The molecule has 19 heavy (non-hydrogen) atoms. The fraction of sp³-hybridized carbons (Fsp3) is 0.533. The zero-order chi connectivity index (χ0) is 13.5. The third kappa shape index (κ3) is 3.95. The topological polar surface area (TPSA) is 39.5 Å². The second kappa shape index (κ2) is 7.13. The van der Waals surface area contributed by atoms with Crippen molar-refractivity contribution < 1.29 is 4.74 Å². The first-order valence-electron chi connectivity index (χ1n) is 6.77. The molecule has 0 amide bonds. The van der Waals surface area contributed by atoms with Crippen molar-refractivity contribution in [1.29, 1.82) is 5.26 Å². The van der Waals surface area contributed by atoms with Crippen LogP contribution in [0.4, 0.5) is 0 Å². The number of rotatable bonds is 5. The van der Waals surface area contributed by atoms with Gasteiger partial charge in [0.15, 0.2) is 0 Å². The average molecular weight is 259 g/mol. The van der Waals surface area contributed by atoms with E-state index in [4.69, 9.17) is 10.00 Å². The van der Waals surface area contributed by atoms with E-state index in [-0.39, 0.29) is 0 Å². The van der Waals surface area contributed by atoms with Gasteiger partial charge in [0.25, 0.3) is 0 Å². The first-order valence-corrected chi connectivity index (χ1v) is 6.77. The minimum absolute atomic E-state index is 0.631. The van der Waals surface area contributed by atoms with Crippen LogP contribution in [0.15, 0.2) is 24.3 Å². The number of benzene rings is 1. The molecule has 1 aliphatic heterocycles. The van der Waals surface area contributed by atoms with Gasteiger partial charge in [-0.2, -0.15) is 5.26 Å². The van der Waals surface area contributed by atoms with Crippen LogP contribution in [0.2, 0.25) is 0 Å². The molecular weight excluding hydrogens is 238 g/mol. The number of hydrogen-bond donors (Lipinski definition) is 0. The van der Waals surface area contributed by atoms with E-state index < -0.39 is 0 Å². The van der Waals surface area contributed by atoms with Gasteiger partial charge < -0.3 is 4.74 Å². The third-order valence-electron chi connectivity index (χ3n) is 3.59. The maximum atomic E-state index is 8.60. The molecule has 1 fully saturated rings. The van der Waals surface area contributed by atoms with Crippen LogP contribution < -0.4 is 4.74 Å². The van der Waals surface area contributed by atoms with Crippen molar-refractivity contribution in [3.8, 4) is 11.8 Å². The van der Waals surface area contributed by atoms with Crippen molar-refractivity contribution in [2.75, 3.05) is 39.8 Å². The van der Waals surface area contributed by atoms with Crippen LogP contribution in [-0.2, 0) is 6.54 Å². The summed E-state index contributed by atoms with van der Waals surface area (Å²) in [5.41, 5.74) is 1.25. The molecule has 1 aromatic carbocycles. The van der Waals surface area contributed by atoms with Crippen molar-refractivity contribution >= 4 is 0 Å². The lowest BCUT2D eigenvalue weighted by Gasteiger charge is -2.34. The number of hydrogen-bond acceptors (Lipinski definition) is 4. The molecule has 0 unspecified atom stereocenters. The Labute approximate surface area is 115 Å². The molecule has 0 atom stereocenters. The Morgan fingerprint density at radius 3 is 2.53 bits per heavy atom. The minimum Gasteiger partial charge on any atom is -0.496 e. The lowest BCUT2D eigenvalue weighted by molar-refractivity contribution is 0.128. The van der Waals surface area contributed by atoms with Gasteiger partial charge in [-0.1, -0.05) is 18.2 Å². The summed E-state index contributed by atoms with van der Waals surface area (Å²) in [5.74, 6) is 0.967. The van der Waals surface area contributed by atoms with E-state index in [1.165, 1.54) is 5.56 Å². The second-order valence-electron chi connectivity index (χ2n) is 4.84. The Hall–Kier alpha value is -1.57. The lowest BCUT2D eigenvalue weighted by Crippen LogP contribution is -2.46. The molecule has 4 heteroatoms. The predicted molar refractivity (Wildman–Crippen MR) is 74.9 cm³/mol. The summed E-state index contributed by atoms with van der Waals surface area (Å²) >= 11 is 0. The molecule has 0 radical (unpaired) electrons. The van der Waals surface area contributed by atoms with Crippen molar-refractivity contribution in [2.24, 2.45) is 0 Å². The van der Waals surface area contributed by atoms with Gasteiger partial charge in [-0.3, -0.25) is 9.80 Å². The lowest BCUT2D eigenvalue weighted by atomic mass is 10.1. The molecule has 4 nitrogen and oxygen atoms in total. The van der Waals surface area contributed by atoms with Crippen LogP contribution in [0.25, 0.3) is 0 Å². The van der Waals surface area contributed by atoms with Crippen molar-refractivity contribution in [2.45, 2.75) is 13.0 Å². The van der Waals surface area contributed by atoms with Gasteiger partial charge in [0.05, 0.1) is 13.2 Å². The molecule has 1 aliphatic rings. The third-order valence-corrected chi connectivity index (χ3v) is 3.59. The summed E-state index contributed by atoms with van der Waals surface area (Å²) < 4.78 is 5.39. The SMILES string of the molecule is COc1ccccc1CN1CCN(CCC#N)CC1. The van der Waals surface area contributed by atoms with Crippen molar-refractivity contribution in [3.05, 3.63) is 29.8 Å². The summed E-state index contributed by atoms with van der Waals surface area (Å²) in [4.78, 5) is 4.81. The van der Waals surface area contributed by atoms with Gasteiger partial charge >= 0.3 is 0 Å². The number of nitriles is 1. The minimum atomic E-state index is 0.631. The Morgan fingerprint density at radius 1 is 1.16 bits per heavy atom. The first-order chi connectivity index (χ1) is 9.33. The summed E-state index contributed by atoms with van der Waals surface area (Å²) in [6.07, 6.45) is 0.631. The molecule has 0 N–H and O–H groups in total. The second-order valence-corrected chi connectivity index (χ2v) is 4.84. The molecule has 1 saturated heterocycles. The van der Waals surface area contributed by atoms with E-state index >= 15 is 0 Å². The zero-order valence-electron chi connectivity index (χ0n) is 11.5. The Kier molecular flexibility index (Phi) is 5.20. The highest BCUT2D eigenvalue weighted by atomic mass is 16.5. The number of methoxy groups -OCH3 is 1. The van der Waals surface area contributed by atoms with Crippen LogP contribution >= 0.6 is 0 Å². The quantitative estimate of drug-likeness (QED) is 0.807. The maximum Gasteiger partial charge on any atom is 0.123 e. The molecule has 2 rings (SSSR count). The van der Waals surface area contributed by atoms with E-state index in [2.05, 4.69) is 28.0 Å². The van der Waals surface area contributed by atoms with Crippen molar-refractivity contribution in [3.63, 3.8) is 0 Å². The molecule has 1 heterocycles. The van der Waals surface area contributed by atoms with Gasteiger partial charge in [-0.25, -0.2) is 0 Å². The molecule has 1 aromatic rings. The van der Waals surface area contributed by atoms with Gasteiger partial charge in [0, 0.05) is 51.3 Å². The molecular formula is C15H21N3O. The average Bonchev–Trinajstić information content (AvgIpc) is 2.47. The standard InChI is InChI=1S/C15H21N3O/c1-19-15-6-3-2-5-14(15)13-18-11-9-17(10-12-18)8-4-7-16/h2-3,5-6H,4,8-13H2,1H3. The zero-order valence-corrected chi connectivity index (χ0v) is 11.5. The number of ether oxygens (including phenoxy) is 1. The van der Waals surface area contributed by atoms with Crippen LogP contribution in [0.5, 0.6) is 5.75 Å². The summed E-state index contributed by atoms with van der Waals surface area (Å²) in [6, 6.07) is 10.4. The van der Waals surface area contributed by atoms with E-state index in [0.717, 1.165) is 45.0 Å². The van der Waals surface area contributed by atoms with Gasteiger partial charge in [-0.15, -0.1) is 0 Å². The number of piperazine rings is 1. The number of nitrogens with zero attached hydrogens (tertiary/aromatic N) is 3. The summed E-state index contributed by atoms with van der Waals surface area (Å²) in [6.45, 7) is 6.07. The highest BCUT2D eigenvalue weighted by molar-refractivity contribution is 5.33. The molecule has 102 valence electrons. The monoisotopic (exact) mass is 259 g/mol. The van der Waals surface area contributed by atoms with E-state index in [9.17, 15) is 0 Å². The highest BCUT2D eigenvalue weighted by Gasteiger charge is 2.17. The molecule has 0 spiro atoms. The van der Waals surface area contributed by atoms with Gasteiger partial charge in [-0.05, 0) is 6.07 Å². The number of para-hydroxylation sites is 1. The summed E-state index contributed by atoms with van der Waals surface area (Å²) in [7, 11) is 1.72. The van der Waals surface area contributed by atoms with Crippen LogP contribution in [-0.4, -0.2) is 49.6 Å². The van der Waals surface area contributed by atoms with Gasteiger partial charge in [0.1, 0.15) is 5.75 Å². The Morgan fingerprint density at radius 2 is 1.84 bits per heavy atom. The molecule has 0 aromatic heterocycles. The molecule has 0 bridgehead atoms. The first kappa shape index (κ1) is 13.9. The van der Waals surface area contributed by atoms with E-state index in [0.29, 0.717) is 6.42 Å². The van der Waals surface area contributed by atoms with Crippen LogP contribution in [0.1, 0.15) is 12.0 Å². The highest BCUT2D eigenvalue weighted by Crippen LogP contribution is 2.19. The predicted octanol–water partition coefficient (Wildman–Crippen LogP) is 1.73. The summed E-state index contributed by atoms with van der Waals surface area (Å²) in [5, 5.41) is 8.60. The largest absolute Gasteiger partial charge is 0.496 e. The van der Waals surface area contributed by atoms with E-state index in [1.54, 1.807) is 7.11 Å². The smallest absolute Gasteiger partial charge is 0.123 e. The van der Waals surface area contributed by atoms with Crippen molar-refractivity contribution in [1.82, 2.24) is 9.80 Å². The fourth-order valence-electron chi connectivity index (χ4n) is 2.45. The molecule has 0 aliphatic carbocycles. The Balaban J connectivity index is 1.84. The van der Waals surface area contributed by atoms with Gasteiger partial charge in [0.2, 0.25) is 0 Å². The van der Waals surface area contributed by atoms with E-state index in [1.807, 2.05) is 12.1 Å². The normalized spacial score (nSPS) is 17.1. The fourth-order valence-corrected chi connectivity index (χ4v) is 2.45. The maximum absolute atomic E-state index is 8.60.